The van der Waals surface area contributed by atoms with E-state index in [0.29, 0.717) is 29.4 Å². The van der Waals surface area contributed by atoms with Gasteiger partial charge in [-0.15, -0.1) is 0 Å². The summed E-state index contributed by atoms with van der Waals surface area (Å²) in [4.78, 5) is 17.7. The molecule has 5 nitrogen and oxygen atoms in total. The van der Waals surface area contributed by atoms with Crippen molar-refractivity contribution in [3.63, 3.8) is 0 Å². The maximum absolute atomic E-state index is 13.5. The van der Waals surface area contributed by atoms with Crippen LogP contribution in [0.5, 0.6) is 0 Å². The Hall–Kier alpha value is -3.62. The fourth-order valence-corrected chi connectivity index (χ4v) is 5.71. The summed E-state index contributed by atoms with van der Waals surface area (Å²) in [5.74, 6) is -0.0565. The number of para-hydroxylation sites is 1. The van der Waals surface area contributed by atoms with Crippen molar-refractivity contribution in [2.45, 2.75) is 31.2 Å². The highest BCUT2D eigenvalue weighted by molar-refractivity contribution is 6.32. The highest BCUT2D eigenvalue weighted by Gasteiger charge is 2.45. The molecule has 1 aromatic heterocycles. The number of carbonyl (C=O) groups excluding carboxylic acids is 1. The first kappa shape index (κ1) is 24.7. The smallest absolute Gasteiger partial charge is 0.333 e. The van der Waals surface area contributed by atoms with Crippen LogP contribution in [0, 0.1) is 0 Å². The van der Waals surface area contributed by atoms with Crippen molar-refractivity contribution < 1.29 is 18.0 Å². The highest BCUT2D eigenvalue weighted by atomic mass is 35.5. The SMILES string of the molecule is O=C(c1ccc(-c2cc(C(F)(F)F)nn2-c2ccccc2Cl)cc1)N1C[C@H]2CC1CN2Cc1ccccc1. The summed E-state index contributed by atoms with van der Waals surface area (Å²) in [6.45, 7) is 2.38. The molecule has 2 fully saturated rings. The second kappa shape index (κ2) is 9.60. The Morgan fingerprint density at radius 2 is 1.63 bits per heavy atom. The normalized spacial score (nSPS) is 19.3. The first-order valence-electron chi connectivity index (χ1n) is 12.4. The molecule has 1 unspecified atom stereocenters. The lowest BCUT2D eigenvalue weighted by Crippen LogP contribution is -2.48. The molecule has 1 amide bonds. The number of amides is 1. The second-order valence-electron chi connectivity index (χ2n) is 9.77. The molecule has 9 heteroatoms. The Morgan fingerprint density at radius 1 is 0.921 bits per heavy atom. The number of piperazine rings is 1. The molecular formula is C29H24ClF3N4O. The summed E-state index contributed by atoms with van der Waals surface area (Å²) in [6, 6.07) is 25.1. The molecule has 194 valence electrons. The van der Waals surface area contributed by atoms with Crippen molar-refractivity contribution in [3.8, 4) is 16.9 Å². The van der Waals surface area contributed by atoms with E-state index in [2.05, 4.69) is 22.1 Å². The molecule has 2 atom stereocenters. The number of hydrogen-bond acceptors (Lipinski definition) is 3. The number of nitrogens with zero attached hydrogens (tertiary/aromatic N) is 4. The van der Waals surface area contributed by atoms with Crippen molar-refractivity contribution in [1.29, 1.82) is 0 Å². The molecule has 3 aromatic carbocycles. The molecule has 2 aliphatic rings. The van der Waals surface area contributed by atoms with Gasteiger partial charge in [-0.2, -0.15) is 18.3 Å². The van der Waals surface area contributed by atoms with Crippen LogP contribution in [0.25, 0.3) is 16.9 Å². The Bertz CT molecular complexity index is 1470. The van der Waals surface area contributed by atoms with E-state index < -0.39 is 11.9 Å². The van der Waals surface area contributed by atoms with Crippen molar-refractivity contribution >= 4 is 17.5 Å². The predicted molar refractivity (Wildman–Crippen MR) is 139 cm³/mol. The number of alkyl halides is 3. The molecule has 2 aliphatic heterocycles. The van der Waals surface area contributed by atoms with E-state index in [4.69, 9.17) is 11.6 Å². The van der Waals surface area contributed by atoms with Crippen LogP contribution in [0.4, 0.5) is 13.2 Å². The van der Waals surface area contributed by atoms with Crippen LogP contribution < -0.4 is 0 Å². The third-order valence-electron chi connectivity index (χ3n) is 7.35. The minimum atomic E-state index is -4.61. The fourth-order valence-electron chi connectivity index (χ4n) is 5.49. The number of rotatable bonds is 5. The molecule has 0 aliphatic carbocycles. The van der Waals surface area contributed by atoms with Crippen LogP contribution in [-0.2, 0) is 12.7 Å². The van der Waals surface area contributed by atoms with Crippen molar-refractivity contribution in [3.05, 3.63) is 107 Å². The average Bonchev–Trinajstić information content (AvgIpc) is 3.64. The maximum atomic E-state index is 13.5. The van der Waals surface area contributed by atoms with Crippen molar-refractivity contribution in [1.82, 2.24) is 19.6 Å². The lowest BCUT2D eigenvalue weighted by molar-refractivity contribution is -0.141. The third-order valence-corrected chi connectivity index (χ3v) is 7.67. The molecule has 4 aromatic rings. The average molecular weight is 537 g/mol. The molecule has 38 heavy (non-hydrogen) atoms. The zero-order chi connectivity index (χ0) is 26.4. The summed E-state index contributed by atoms with van der Waals surface area (Å²) in [5.41, 5.74) is 1.84. The molecule has 0 spiro atoms. The van der Waals surface area contributed by atoms with Gasteiger partial charge < -0.3 is 4.90 Å². The van der Waals surface area contributed by atoms with Crippen LogP contribution in [0.15, 0.2) is 84.9 Å². The van der Waals surface area contributed by atoms with Gasteiger partial charge in [0.05, 0.1) is 16.4 Å². The number of benzene rings is 3. The van der Waals surface area contributed by atoms with Crippen molar-refractivity contribution in [2.75, 3.05) is 13.1 Å². The summed E-state index contributed by atoms with van der Waals surface area (Å²) in [7, 11) is 0. The minimum Gasteiger partial charge on any atom is -0.333 e. The standard InChI is InChI=1S/C29H24ClF3N4O/c30-24-8-4-5-9-25(24)37-26(15-27(34-37)29(31,32)33)20-10-12-21(13-11-20)28(38)36-18-22-14-23(36)17-35(22)16-19-6-2-1-3-7-19/h1-13,15,22-23H,14,16-18H2/t22-,23?/m1/s1. The lowest BCUT2D eigenvalue weighted by atomic mass is 10.1. The number of likely N-dealkylation sites (tertiary alicyclic amines) is 2. The number of aromatic nitrogens is 2. The van der Waals surface area contributed by atoms with E-state index in [1.807, 2.05) is 23.1 Å². The van der Waals surface area contributed by atoms with Gasteiger partial charge in [-0.25, -0.2) is 4.68 Å². The molecular weight excluding hydrogens is 513 g/mol. The van der Waals surface area contributed by atoms with Gasteiger partial charge >= 0.3 is 6.18 Å². The molecule has 2 bridgehead atoms. The van der Waals surface area contributed by atoms with E-state index in [9.17, 15) is 18.0 Å². The molecule has 0 radical (unpaired) electrons. The zero-order valence-corrected chi connectivity index (χ0v) is 21.0. The van der Waals surface area contributed by atoms with E-state index in [1.54, 1.807) is 48.5 Å². The third kappa shape index (κ3) is 4.59. The first-order valence-corrected chi connectivity index (χ1v) is 12.8. The van der Waals surface area contributed by atoms with Crippen molar-refractivity contribution in [2.24, 2.45) is 0 Å². The van der Waals surface area contributed by atoms with Gasteiger partial charge in [0, 0.05) is 42.8 Å². The first-order chi connectivity index (χ1) is 18.3. The van der Waals surface area contributed by atoms with E-state index >= 15 is 0 Å². The Labute approximate surface area is 223 Å². The number of carbonyl (C=O) groups is 1. The van der Waals surface area contributed by atoms with Gasteiger partial charge in [0.25, 0.3) is 5.91 Å². The van der Waals surface area contributed by atoms with Gasteiger partial charge in [-0.05, 0) is 42.3 Å². The van der Waals surface area contributed by atoms with Crippen LogP contribution in [-0.4, -0.2) is 50.7 Å². The van der Waals surface area contributed by atoms with Gasteiger partial charge in [0.1, 0.15) is 0 Å². The summed E-state index contributed by atoms with van der Waals surface area (Å²) in [6.07, 6.45) is -3.66. The zero-order valence-electron chi connectivity index (χ0n) is 20.3. The van der Waals surface area contributed by atoms with Gasteiger partial charge in [-0.1, -0.05) is 66.2 Å². The Balaban J connectivity index is 1.21. The second-order valence-corrected chi connectivity index (χ2v) is 10.2. The van der Waals surface area contributed by atoms with Gasteiger partial charge in [0.15, 0.2) is 5.69 Å². The van der Waals surface area contributed by atoms with E-state index in [-0.39, 0.29) is 22.7 Å². The molecule has 3 heterocycles. The van der Waals surface area contributed by atoms with Gasteiger partial charge in [0.2, 0.25) is 0 Å². The fraction of sp³-hybridized carbons (Fsp3) is 0.241. The largest absolute Gasteiger partial charge is 0.435 e. The Morgan fingerprint density at radius 3 is 2.29 bits per heavy atom. The van der Waals surface area contributed by atoms with Gasteiger partial charge in [-0.3, -0.25) is 9.69 Å². The summed E-state index contributed by atoms with van der Waals surface area (Å²) in [5, 5.41) is 4.08. The predicted octanol–water partition coefficient (Wildman–Crippen LogP) is 6.31. The lowest BCUT2D eigenvalue weighted by Gasteiger charge is -2.34. The maximum Gasteiger partial charge on any atom is 0.435 e. The molecule has 0 N–H and O–H groups in total. The van der Waals surface area contributed by atoms with Crippen LogP contribution >= 0.6 is 11.6 Å². The van der Waals surface area contributed by atoms with Crippen LogP contribution in [0.2, 0.25) is 5.02 Å². The monoisotopic (exact) mass is 536 g/mol. The molecule has 2 saturated heterocycles. The number of fused-ring (bicyclic) bond motifs is 2. The van der Waals surface area contributed by atoms with Crippen LogP contribution in [0.1, 0.15) is 28.0 Å². The quantitative estimate of drug-likeness (QED) is 0.300. The van der Waals surface area contributed by atoms with E-state index in [0.717, 1.165) is 25.6 Å². The van der Waals surface area contributed by atoms with E-state index in [1.165, 1.54) is 10.2 Å². The number of hydrogen-bond donors (Lipinski definition) is 0. The summed E-state index contributed by atoms with van der Waals surface area (Å²) >= 11 is 6.27. The molecule has 0 saturated carbocycles. The topological polar surface area (TPSA) is 41.4 Å². The molecule has 6 rings (SSSR count). The minimum absolute atomic E-state index is 0.0565. The van der Waals surface area contributed by atoms with Crippen LogP contribution in [0.3, 0.4) is 0 Å². The Kier molecular flexibility index (Phi) is 6.24. The number of halogens is 4. The summed E-state index contributed by atoms with van der Waals surface area (Å²) < 4.78 is 41.7. The highest BCUT2D eigenvalue weighted by Crippen LogP contribution is 2.36.